The van der Waals surface area contributed by atoms with E-state index in [1.165, 1.54) is 11.1 Å². The van der Waals surface area contributed by atoms with E-state index < -0.39 is 0 Å². The average Bonchev–Trinajstić information content (AvgIpc) is 2.72. The number of carbonyl (C=O) groups is 2. The topological polar surface area (TPSA) is 62.3 Å². The van der Waals surface area contributed by atoms with Gasteiger partial charge in [0.25, 0.3) is 0 Å². The Bertz CT molecular complexity index is 937. The Morgan fingerprint density at radius 2 is 2.07 bits per heavy atom. The lowest BCUT2D eigenvalue weighted by Gasteiger charge is -2.33. The van der Waals surface area contributed by atoms with Gasteiger partial charge in [0.05, 0.1) is 6.04 Å². The molecule has 1 aromatic heterocycles. The summed E-state index contributed by atoms with van der Waals surface area (Å²) in [5, 5.41) is 3.19. The molecule has 1 N–H and O–H groups in total. The van der Waals surface area contributed by atoms with E-state index in [9.17, 15) is 9.59 Å². The van der Waals surface area contributed by atoms with Crippen molar-refractivity contribution in [2.45, 2.75) is 52.0 Å². The quantitative estimate of drug-likeness (QED) is 0.885. The number of benzene rings is 1. The van der Waals surface area contributed by atoms with Crippen LogP contribution >= 0.6 is 0 Å². The number of aromatic nitrogens is 1. The molecule has 5 heteroatoms. The number of nitrogens with zero attached hydrogens (tertiary/aromatic N) is 2. The van der Waals surface area contributed by atoms with Gasteiger partial charge in [0, 0.05) is 43.5 Å². The number of fused-ring (bicyclic) bond motifs is 2. The van der Waals surface area contributed by atoms with Crippen LogP contribution in [0, 0.1) is 5.92 Å². The Morgan fingerprint density at radius 1 is 1.25 bits per heavy atom. The van der Waals surface area contributed by atoms with Crippen molar-refractivity contribution in [3.63, 3.8) is 0 Å². The Hall–Kier alpha value is -2.69. The van der Waals surface area contributed by atoms with Crippen molar-refractivity contribution in [3.05, 3.63) is 47.3 Å². The molecule has 2 atom stereocenters. The molecule has 146 valence electrons. The predicted molar refractivity (Wildman–Crippen MR) is 110 cm³/mol. The van der Waals surface area contributed by atoms with E-state index in [1.807, 2.05) is 32.4 Å². The summed E-state index contributed by atoms with van der Waals surface area (Å²) in [6, 6.07) is 6.35. The number of hydrogen-bond acceptors (Lipinski definition) is 3. The molecule has 5 nitrogen and oxygen atoms in total. The minimum atomic E-state index is 0.0185. The van der Waals surface area contributed by atoms with E-state index in [0.717, 1.165) is 41.6 Å². The number of rotatable bonds is 3. The largest absolute Gasteiger partial charge is 0.349 e. The van der Waals surface area contributed by atoms with Gasteiger partial charge in [-0.25, -0.2) is 0 Å². The molecule has 2 aromatic rings. The van der Waals surface area contributed by atoms with Gasteiger partial charge in [-0.3, -0.25) is 14.6 Å². The summed E-state index contributed by atoms with van der Waals surface area (Å²) in [5.74, 6) is 0.641. The molecule has 1 aliphatic heterocycles. The third-order valence-electron chi connectivity index (χ3n) is 6.22. The number of carbonyl (C=O) groups excluding carboxylic acids is 2. The molecule has 2 heterocycles. The first-order chi connectivity index (χ1) is 13.5. The molecule has 0 bridgehead atoms. The first kappa shape index (κ1) is 18.7. The number of nitrogens with one attached hydrogen (secondary N) is 1. The summed E-state index contributed by atoms with van der Waals surface area (Å²) in [6.45, 7) is 4.08. The fraction of sp³-hybridized carbons (Fsp3) is 0.435. The summed E-state index contributed by atoms with van der Waals surface area (Å²) in [6.07, 6.45) is 7.71. The summed E-state index contributed by atoms with van der Waals surface area (Å²) in [4.78, 5) is 30.3. The molecule has 1 unspecified atom stereocenters. The lowest BCUT2D eigenvalue weighted by atomic mass is 9.78. The predicted octanol–water partition coefficient (Wildman–Crippen LogP) is 3.81. The standard InChI is InChI=1S/C23H27N3O2/c1-4-21(27)25-23-14(2)5-8-17-18(12-24-13-19(17)23)15-6-9-20-16(11-15)7-10-22(28)26(20)3/h6,9,11-14,23H,4-5,7-8,10H2,1-3H3,(H,25,27)/t14?,23-/m1/s1. The first-order valence-electron chi connectivity index (χ1n) is 10.2. The van der Waals surface area contributed by atoms with Crippen molar-refractivity contribution in [1.29, 1.82) is 0 Å². The van der Waals surface area contributed by atoms with Gasteiger partial charge in [-0.05, 0) is 59.6 Å². The zero-order valence-corrected chi connectivity index (χ0v) is 16.8. The molecule has 0 radical (unpaired) electrons. The van der Waals surface area contributed by atoms with E-state index in [2.05, 4.69) is 29.4 Å². The monoisotopic (exact) mass is 377 g/mol. The number of anilines is 1. The molecule has 4 rings (SSSR count). The molecule has 2 amide bonds. The van der Waals surface area contributed by atoms with Crippen molar-refractivity contribution in [2.24, 2.45) is 5.92 Å². The highest BCUT2D eigenvalue weighted by Crippen LogP contribution is 2.40. The second-order valence-electron chi connectivity index (χ2n) is 7.97. The molecule has 1 aromatic carbocycles. The third-order valence-corrected chi connectivity index (χ3v) is 6.22. The Balaban J connectivity index is 1.75. The van der Waals surface area contributed by atoms with Crippen molar-refractivity contribution in [1.82, 2.24) is 10.3 Å². The summed E-state index contributed by atoms with van der Waals surface area (Å²) in [7, 11) is 1.84. The number of pyridine rings is 1. The molecule has 0 saturated carbocycles. The molecule has 0 spiro atoms. The molecule has 0 saturated heterocycles. The minimum Gasteiger partial charge on any atom is -0.349 e. The van der Waals surface area contributed by atoms with Gasteiger partial charge in [0.15, 0.2) is 0 Å². The smallest absolute Gasteiger partial charge is 0.227 e. The van der Waals surface area contributed by atoms with E-state index in [4.69, 9.17) is 0 Å². The Morgan fingerprint density at radius 3 is 2.86 bits per heavy atom. The fourth-order valence-corrected chi connectivity index (χ4v) is 4.46. The number of amides is 2. The lowest BCUT2D eigenvalue weighted by Crippen LogP contribution is -2.35. The van der Waals surface area contributed by atoms with Crippen LogP contribution in [-0.4, -0.2) is 23.8 Å². The second kappa shape index (κ2) is 7.38. The summed E-state index contributed by atoms with van der Waals surface area (Å²) >= 11 is 0. The van der Waals surface area contributed by atoms with Gasteiger partial charge in [0.2, 0.25) is 11.8 Å². The molecule has 2 aliphatic rings. The minimum absolute atomic E-state index is 0.0185. The molecule has 0 fully saturated rings. The fourth-order valence-electron chi connectivity index (χ4n) is 4.46. The number of hydrogen-bond donors (Lipinski definition) is 1. The van der Waals surface area contributed by atoms with Crippen LogP contribution < -0.4 is 10.2 Å². The van der Waals surface area contributed by atoms with Crippen LogP contribution in [0.2, 0.25) is 0 Å². The summed E-state index contributed by atoms with van der Waals surface area (Å²) in [5.41, 5.74) is 6.91. The number of aryl methyl sites for hydroxylation is 1. The van der Waals surface area contributed by atoms with Crippen LogP contribution in [0.5, 0.6) is 0 Å². The molecule has 1 aliphatic carbocycles. The molecular weight excluding hydrogens is 350 g/mol. The maximum absolute atomic E-state index is 12.0. The van der Waals surface area contributed by atoms with Crippen LogP contribution in [0.3, 0.4) is 0 Å². The van der Waals surface area contributed by atoms with E-state index >= 15 is 0 Å². The van der Waals surface area contributed by atoms with Crippen LogP contribution in [0.15, 0.2) is 30.6 Å². The van der Waals surface area contributed by atoms with Crippen LogP contribution in [0.1, 0.15) is 55.8 Å². The zero-order chi connectivity index (χ0) is 19.8. The highest BCUT2D eigenvalue weighted by molar-refractivity contribution is 5.96. The maximum atomic E-state index is 12.0. The van der Waals surface area contributed by atoms with Crippen LogP contribution in [-0.2, 0) is 22.4 Å². The van der Waals surface area contributed by atoms with E-state index in [1.54, 1.807) is 4.90 Å². The van der Waals surface area contributed by atoms with Gasteiger partial charge in [-0.1, -0.05) is 19.9 Å². The van der Waals surface area contributed by atoms with Gasteiger partial charge in [-0.15, -0.1) is 0 Å². The van der Waals surface area contributed by atoms with Gasteiger partial charge in [0.1, 0.15) is 0 Å². The first-order valence-corrected chi connectivity index (χ1v) is 10.2. The third kappa shape index (κ3) is 3.19. The van der Waals surface area contributed by atoms with Crippen molar-refractivity contribution in [3.8, 4) is 11.1 Å². The van der Waals surface area contributed by atoms with E-state index in [0.29, 0.717) is 18.8 Å². The Kier molecular flexibility index (Phi) is 4.92. The van der Waals surface area contributed by atoms with Crippen LogP contribution in [0.4, 0.5) is 5.69 Å². The van der Waals surface area contributed by atoms with Gasteiger partial charge in [-0.2, -0.15) is 0 Å². The van der Waals surface area contributed by atoms with Crippen molar-refractivity contribution < 1.29 is 9.59 Å². The highest BCUT2D eigenvalue weighted by atomic mass is 16.2. The van der Waals surface area contributed by atoms with Crippen LogP contribution in [0.25, 0.3) is 11.1 Å². The van der Waals surface area contributed by atoms with Crippen molar-refractivity contribution >= 4 is 17.5 Å². The Labute approximate surface area is 166 Å². The normalized spacial score (nSPS) is 21.1. The molecule has 28 heavy (non-hydrogen) atoms. The van der Waals surface area contributed by atoms with Crippen molar-refractivity contribution in [2.75, 3.05) is 11.9 Å². The molecular formula is C23H27N3O2. The second-order valence-corrected chi connectivity index (χ2v) is 7.97. The SMILES string of the molecule is CCC(=O)N[C@H]1c2cncc(-c3ccc4c(c3)CCC(=O)N4C)c2CCC1C. The lowest BCUT2D eigenvalue weighted by molar-refractivity contribution is -0.122. The highest BCUT2D eigenvalue weighted by Gasteiger charge is 2.30. The maximum Gasteiger partial charge on any atom is 0.227 e. The van der Waals surface area contributed by atoms with Gasteiger partial charge >= 0.3 is 0 Å². The summed E-state index contributed by atoms with van der Waals surface area (Å²) < 4.78 is 0. The average molecular weight is 377 g/mol. The van der Waals surface area contributed by atoms with Gasteiger partial charge < -0.3 is 10.2 Å². The van der Waals surface area contributed by atoms with E-state index in [-0.39, 0.29) is 17.9 Å². The zero-order valence-electron chi connectivity index (χ0n) is 16.8.